The van der Waals surface area contributed by atoms with E-state index in [1.165, 1.54) is 12.4 Å². The van der Waals surface area contributed by atoms with Gasteiger partial charge in [0.25, 0.3) is 0 Å². The van der Waals surface area contributed by atoms with E-state index in [0.717, 1.165) is 67.1 Å². The number of aromatic nitrogens is 4. The van der Waals surface area contributed by atoms with Crippen molar-refractivity contribution in [3.05, 3.63) is 60.2 Å². The molecule has 0 aliphatic carbocycles. The lowest BCUT2D eigenvalue weighted by Gasteiger charge is -2.47. The van der Waals surface area contributed by atoms with Crippen LogP contribution in [0.15, 0.2) is 43.5 Å². The fraction of sp³-hybridized carbons (Fsp3) is 0.370. The molecule has 0 unspecified atom stereocenters. The van der Waals surface area contributed by atoms with Crippen LogP contribution in [0.3, 0.4) is 0 Å². The lowest BCUT2D eigenvalue weighted by molar-refractivity contribution is -0.133. The molecule has 2 fully saturated rings. The van der Waals surface area contributed by atoms with Gasteiger partial charge in [0.2, 0.25) is 5.91 Å². The molecule has 0 atom stereocenters. The molecule has 3 aliphatic rings. The number of hydrogen-bond donors (Lipinski definition) is 1. The van der Waals surface area contributed by atoms with Crippen molar-refractivity contribution in [2.24, 2.45) is 7.05 Å². The zero-order chi connectivity index (χ0) is 25.5. The first kappa shape index (κ1) is 23.2. The molecule has 1 aromatic carbocycles. The van der Waals surface area contributed by atoms with Crippen molar-refractivity contribution in [2.75, 3.05) is 31.5 Å². The number of carbonyl (C=O) groups excluding carboxylic acids is 1. The Hall–Kier alpha value is -4.23. The molecule has 1 N–H and O–H groups in total. The molecule has 5 heterocycles. The fourth-order valence-corrected chi connectivity index (χ4v) is 5.53. The maximum atomic E-state index is 11.8. The minimum Gasteiger partial charge on any atom is -0.485 e. The number of carbonyl (C=O) groups is 1. The number of hydrogen-bond acceptors (Lipinski definition) is 8. The van der Waals surface area contributed by atoms with Crippen LogP contribution in [-0.2, 0) is 18.4 Å². The Morgan fingerprint density at radius 3 is 2.78 bits per heavy atom. The summed E-state index contributed by atoms with van der Waals surface area (Å²) in [5, 5.41) is 17.7. The average molecular weight is 497 g/mol. The van der Waals surface area contributed by atoms with Crippen molar-refractivity contribution in [1.82, 2.24) is 29.5 Å². The molecule has 10 heteroatoms. The van der Waals surface area contributed by atoms with Gasteiger partial charge in [-0.3, -0.25) is 14.4 Å². The van der Waals surface area contributed by atoms with Gasteiger partial charge < -0.3 is 15.0 Å². The van der Waals surface area contributed by atoms with Crippen LogP contribution in [0.25, 0.3) is 11.3 Å². The lowest BCUT2D eigenvalue weighted by atomic mass is 9.87. The number of aryl methyl sites for hydroxylation is 1. The molecule has 188 valence electrons. The number of amides is 1. The lowest BCUT2D eigenvalue weighted by Crippen LogP contribution is -2.61. The molecule has 3 aliphatic heterocycles. The fourth-order valence-electron chi connectivity index (χ4n) is 5.53. The third-order valence-electron chi connectivity index (χ3n) is 7.64. The molecular formula is C27H28N8O2. The first-order valence-electron chi connectivity index (χ1n) is 12.5. The number of rotatable bonds is 4. The van der Waals surface area contributed by atoms with Crippen molar-refractivity contribution < 1.29 is 9.53 Å². The third-order valence-corrected chi connectivity index (χ3v) is 7.64. The molecule has 0 spiro atoms. The Kier molecular flexibility index (Phi) is 5.85. The predicted molar refractivity (Wildman–Crippen MR) is 137 cm³/mol. The highest BCUT2D eigenvalue weighted by Gasteiger charge is 2.36. The number of benzene rings is 1. The number of ether oxygens (including phenoxy) is 1. The number of anilines is 2. The molecule has 1 amide bonds. The average Bonchev–Trinajstić information content (AvgIpc) is 3.23. The summed E-state index contributed by atoms with van der Waals surface area (Å²) in [4.78, 5) is 25.1. The summed E-state index contributed by atoms with van der Waals surface area (Å²) in [6.45, 7) is 7.31. The molecule has 37 heavy (non-hydrogen) atoms. The van der Waals surface area contributed by atoms with Crippen LogP contribution in [0.5, 0.6) is 5.75 Å². The van der Waals surface area contributed by atoms with E-state index < -0.39 is 0 Å². The highest BCUT2D eigenvalue weighted by Crippen LogP contribution is 2.41. The van der Waals surface area contributed by atoms with Gasteiger partial charge in [-0.2, -0.15) is 10.4 Å². The molecule has 10 nitrogen and oxygen atoms in total. The van der Waals surface area contributed by atoms with Crippen molar-refractivity contribution in [1.29, 1.82) is 5.26 Å². The first-order valence-corrected chi connectivity index (χ1v) is 12.5. The van der Waals surface area contributed by atoms with Crippen molar-refractivity contribution in [2.45, 2.75) is 31.4 Å². The molecule has 0 radical (unpaired) electrons. The quantitative estimate of drug-likeness (QED) is 0.549. The van der Waals surface area contributed by atoms with E-state index in [1.807, 2.05) is 24.2 Å². The standard InChI is InChI=1S/C27H28N8O2/c1-3-24(36)35-13-21(14-35)34-6-4-17(5-7-34)18-8-19(10-28)26-23(9-18)32-27-22(15-37-26)25(29-16-30-27)20-11-31-33(2)12-20/h3,8-9,11-12,16-17,21H,1,4-7,13-15H2,2H3,(H,29,30,32). The second-order valence-corrected chi connectivity index (χ2v) is 9.83. The topological polar surface area (TPSA) is 112 Å². The van der Waals surface area contributed by atoms with Gasteiger partial charge in [-0.1, -0.05) is 6.58 Å². The maximum Gasteiger partial charge on any atom is 0.246 e. The SMILES string of the molecule is C=CC(=O)N1CC(N2CCC(c3cc(C#N)c4c(c3)Nc3ncnc(-c5cnn(C)c5)c3CO4)CC2)C1. The van der Waals surface area contributed by atoms with E-state index in [1.54, 1.807) is 10.9 Å². The van der Waals surface area contributed by atoms with E-state index in [9.17, 15) is 10.1 Å². The van der Waals surface area contributed by atoms with Crippen LogP contribution in [0.1, 0.15) is 35.4 Å². The molecular weight excluding hydrogens is 468 g/mol. The normalized spacial score (nSPS) is 17.9. The number of nitrogens with zero attached hydrogens (tertiary/aromatic N) is 7. The minimum atomic E-state index is 0.00858. The molecule has 0 bridgehead atoms. The summed E-state index contributed by atoms with van der Waals surface area (Å²) < 4.78 is 7.91. The van der Waals surface area contributed by atoms with E-state index in [-0.39, 0.29) is 12.5 Å². The van der Waals surface area contributed by atoms with E-state index >= 15 is 0 Å². The van der Waals surface area contributed by atoms with Crippen molar-refractivity contribution in [3.8, 4) is 23.1 Å². The van der Waals surface area contributed by atoms with Crippen LogP contribution in [0.4, 0.5) is 11.5 Å². The van der Waals surface area contributed by atoms with Gasteiger partial charge in [-0.05, 0) is 55.6 Å². The monoisotopic (exact) mass is 496 g/mol. The van der Waals surface area contributed by atoms with Gasteiger partial charge >= 0.3 is 0 Å². The third kappa shape index (κ3) is 4.21. The Morgan fingerprint density at radius 2 is 2.08 bits per heavy atom. The molecule has 0 saturated carbocycles. The number of likely N-dealkylation sites (tertiary alicyclic amines) is 2. The molecule has 3 aromatic rings. The zero-order valence-corrected chi connectivity index (χ0v) is 20.7. The number of nitriles is 1. The number of nitrogens with one attached hydrogen (secondary N) is 1. The van der Waals surface area contributed by atoms with Gasteiger partial charge in [0.1, 0.15) is 24.8 Å². The summed E-state index contributed by atoms with van der Waals surface area (Å²) in [6, 6.07) is 6.83. The predicted octanol–water partition coefficient (Wildman–Crippen LogP) is 2.96. The highest BCUT2D eigenvalue weighted by molar-refractivity contribution is 5.87. The summed E-state index contributed by atoms with van der Waals surface area (Å²) in [5.41, 5.74) is 4.87. The van der Waals surface area contributed by atoms with Crippen LogP contribution in [-0.4, -0.2) is 67.7 Å². The van der Waals surface area contributed by atoms with E-state index in [4.69, 9.17) is 4.74 Å². The van der Waals surface area contributed by atoms with Crippen LogP contribution in [0.2, 0.25) is 0 Å². The molecule has 2 aromatic heterocycles. The number of piperidine rings is 1. The van der Waals surface area contributed by atoms with Gasteiger partial charge in [-0.15, -0.1) is 0 Å². The second kappa shape index (κ2) is 9.33. The van der Waals surface area contributed by atoms with Gasteiger partial charge in [-0.25, -0.2) is 9.97 Å². The molecule has 2 saturated heterocycles. The summed E-state index contributed by atoms with van der Waals surface area (Å²) in [6.07, 6.45) is 8.60. The van der Waals surface area contributed by atoms with Crippen LogP contribution >= 0.6 is 0 Å². The largest absolute Gasteiger partial charge is 0.485 e. The Bertz CT molecular complexity index is 1410. The maximum absolute atomic E-state index is 11.8. The summed E-state index contributed by atoms with van der Waals surface area (Å²) >= 11 is 0. The Labute approximate surface area is 215 Å². The summed E-state index contributed by atoms with van der Waals surface area (Å²) in [7, 11) is 1.86. The van der Waals surface area contributed by atoms with Crippen molar-refractivity contribution in [3.63, 3.8) is 0 Å². The number of fused-ring (bicyclic) bond motifs is 2. The van der Waals surface area contributed by atoms with Crippen LogP contribution < -0.4 is 10.1 Å². The molecule has 6 rings (SSSR count). The van der Waals surface area contributed by atoms with Gasteiger partial charge in [0.15, 0.2) is 5.75 Å². The van der Waals surface area contributed by atoms with Gasteiger partial charge in [0, 0.05) is 37.9 Å². The Balaban J connectivity index is 1.21. The van der Waals surface area contributed by atoms with Gasteiger partial charge in [0.05, 0.1) is 28.7 Å². The second-order valence-electron chi connectivity index (χ2n) is 9.83. The highest BCUT2D eigenvalue weighted by atomic mass is 16.5. The minimum absolute atomic E-state index is 0.00858. The van der Waals surface area contributed by atoms with E-state index in [0.29, 0.717) is 29.1 Å². The first-order chi connectivity index (χ1) is 18.0. The zero-order valence-electron chi connectivity index (χ0n) is 20.7. The smallest absolute Gasteiger partial charge is 0.246 e. The van der Waals surface area contributed by atoms with Crippen LogP contribution in [0, 0.1) is 11.3 Å². The summed E-state index contributed by atoms with van der Waals surface area (Å²) in [5.74, 6) is 1.57. The Morgan fingerprint density at radius 1 is 1.27 bits per heavy atom. The van der Waals surface area contributed by atoms with E-state index in [2.05, 4.69) is 44.0 Å². The van der Waals surface area contributed by atoms with Crippen molar-refractivity contribution >= 4 is 17.4 Å².